The van der Waals surface area contributed by atoms with Gasteiger partial charge < -0.3 is 9.47 Å². The zero-order valence-corrected chi connectivity index (χ0v) is 15.2. The molecule has 3 rings (SSSR count). The first-order chi connectivity index (χ1) is 12.7. The largest absolute Gasteiger partial charge is 0.342 e. The smallest absolute Gasteiger partial charge is 0.222 e. The highest BCUT2D eigenvalue weighted by Gasteiger charge is 2.19. The van der Waals surface area contributed by atoms with Crippen molar-refractivity contribution in [1.29, 1.82) is 0 Å². The molecule has 1 fully saturated rings. The van der Waals surface area contributed by atoms with Crippen molar-refractivity contribution in [2.45, 2.75) is 19.6 Å². The van der Waals surface area contributed by atoms with E-state index in [4.69, 9.17) is 21.1 Å². The SMILES string of the molecule is CC=CCC1COC(C#Cc2ccc(-c3ccc(Cl)c(F)c3)nc2)OC1. The van der Waals surface area contributed by atoms with Gasteiger partial charge in [-0.3, -0.25) is 4.98 Å². The number of pyridine rings is 1. The third kappa shape index (κ3) is 4.92. The summed E-state index contributed by atoms with van der Waals surface area (Å²) in [5, 5.41) is 0.0941. The minimum Gasteiger partial charge on any atom is -0.342 e. The summed E-state index contributed by atoms with van der Waals surface area (Å²) in [6.45, 7) is 3.29. The fourth-order valence-corrected chi connectivity index (χ4v) is 2.64. The Hall–Kier alpha value is -2.19. The molecule has 2 heterocycles. The van der Waals surface area contributed by atoms with Crippen LogP contribution in [0, 0.1) is 23.6 Å². The van der Waals surface area contributed by atoms with Crippen LogP contribution in [-0.4, -0.2) is 24.5 Å². The number of hydrogen-bond donors (Lipinski definition) is 0. The molecule has 0 unspecified atom stereocenters. The van der Waals surface area contributed by atoms with E-state index in [-0.39, 0.29) is 5.02 Å². The van der Waals surface area contributed by atoms with Crippen LogP contribution in [0.5, 0.6) is 0 Å². The van der Waals surface area contributed by atoms with E-state index in [0.29, 0.717) is 30.4 Å². The van der Waals surface area contributed by atoms with Gasteiger partial charge in [-0.1, -0.05) is 35.7 Å². The number of aromatic nitrogens is 1. The first kappa shape index (κ1) is 18.6. The average molecular weight is 372 g/mol. The third-order valence-electron chi connectivity index (χ3n) is 3.98. The second kappa shape index (κ2) is 8.95. The average Bonchev–Trinajstić information content (AvgIpc) is 2.68. The van der Waals surface area contributed by atoms with Crippen molar-refractivity contribution < 1.29 is 13.9 Å². The summed E-state index contributed by atoms with van der Waals surface area (Å²) in [7, 11) is 0. The van der Waals surface area contributed by atoms with Gasteiger partial charge in [0.05, 0.1) is 23.9 Å². The number of rotatable bonds is 3. The van der Waals surface area contributed by atoms with Crippen LogP contribution >= 0.6 is 11.6 Å². The molecule has 1 aliphatic rings. The lowest BCUT2D eigenvalue weighted by Gasteiger charge is -2.25. The Morgan fingerprint density at radius 1 is 1.27 bits per heavy atom. The van der Waals surface area contributed by atoms with Crippen LogP contribution < -0.4 is 0 Å². The van der Waals surface area contributed by atoms with Crippen LogP contribution in [0.1, 0.15) is 18.9 Å². The minimum absolute atomic E-state index is 0.0941. The fraction of sp³-hybridized carbons (Fsp3) is 0.286. The van der Waals surface area contributed by atoms with E-state index in [1.165, 1.54) is 12.1 Å². The zero-order valence-electron chi connectivity index (χ0n) is 14.4. The van der Waals surface area contributed by atoms with Crippen molar-refractivity contribution >= 4 is 11.6 Å². The van der Waals surface area contributed by atoms with Gasteiger partial charge in [0.25, 0.3) is 0 Å². The fourth-order valence-electron chi connectivity index (χ4n) is 2.53. The van der Waals surface area contributed by atoms with E-state index >= 15 is 0 Å². The van der Waals surface area contributed by atoms with Crippen molar-refractivity contribution in [2.24, 2.45) is 5.92 Å². The first-order valence-corrected chi connectivity index (χ1v) is 8.81. The molecule has 0 aliphatic carbocycles. The molecule has 134 valence electrons. The molecule has 0 spiro atoms. The molecule has 1 saturated heterocycles. The maximum atomic E-state index is 13.6. The number of allylic oxidation sites excluding steroid dienone is 2. The van der Waals surface area contributed by atoms with Crippen molar-refractivity contribution in [3.8, 4) is 23.1 Å². The van der Waals surface area contributed by atoms with Crippen LogP contribution in [0.3, 0.4) is 0 Å². The first-order valence-electron chi connectivity index (χ1n) is 8.43. The van der Waals surface area contributed by atoms with Crippen molar-refractivity contribution in [3.05, 3.63) is 65.1 Å². The summed E-state index contributed by atoms with van der Waals surface area (Å²) < 4.78 is 24.8. The summed E-state index contributed by atoms with van der Waals surface area (Å²) in [6.07, 6.45) is 6.23. The molecular formula is C21H19ClFNO2. The van der Waals surface area contributed by atoms with Gasteiger partial charge in [-0.2, -0.15) is 0 Å². The molecule has 2 aromatic rings. The van der Waals surface area contributed by atoms with Crippen LogP contribution in [0.15, 0.2) is 48.7 Å². The predicted molar refractivity (Wildman–Crippen MR) is 100 cm³/mol. The summed E-state index contributed by atoms with van der Waals surface area (Å²) in [5.74, 6) is 5.88. The molecule has 1 aromatic carbocycles. The summed E-state index contributed by atoms with van der Waals surface area (Å²) >= 11 is 5.70. The van der Waals surface area contributed by atoms with E-state index in [1.54, 1.807) is 18.3 Å². The van der Waals surface area contributed by atoms with Crippen molar-refractivity contribution in [1.82, 2.24) is 4.98 Å². The molecular weight excluding hydrogens is 353 g/mol. The molecule has 0 radical (unpaired) electrons. The number of hydrogen-bond acceptors (Lipinski definition) is 3. The Labute approximate surface area is 157 Å². The van der Waals surface area contributed by atoms with Gasteiger partial charge in [-0.15, -0.1) is 0 Å². The summed E-state index contributed by atoms with van der Waals surface area (Å²) in [6, 6.07) is 8.24. The van der Waals surface area contributed by atoms with Crippen LogP contribution in [-0.2, 0) is 9.47 Å². The lowest BCUT2D eigenvalue weighted by molar-refractivity contribution is -0.168. The Kier molecular flexibility index (Phi) is 6.40. The van der Waals surface area contributed by atoms with E-state index in [1.807, 2.05) is 19.1 Å². The standard InChI is InChI=1S/C21H19ClFNO2/c1-2-3-4-16-13-25-21(26-14-16)10-6-15-5-9-20(24-12-15)17-7-8-18(22)19(23)11-17/h2-3,5,7-9,11-12,16,21H,4,13-14H2,1H3. The van der Waals surface area contributed by atoms with Gasteiger partial charge in [0, 0.05) is 23.2 Å². The van der Waals surface area contributed by atoms with Crippen LogP contribution in [0.2, 0.25) is 5.02 Å². The molecule has 0 amide bonds. The Bertz CT molecular complexity index is 831. The molecule has 0 bridgehead atoms. The van der Waals surface area contributed by atoms with Gasteiger partial charge in [0.2, 0.25) is 6.29 Å². The second-order valence-corrected chi connectivity index (χ2v) is 6.41. The third-order valence-corrected chi connectivity index (χ3v) is 4.29. The van der Waals surface area contributed by atoms with Gasteiger partial charge in [-0.05, 0) is 43.5 Å². The predicted octanol–water partition coefficient (Wildman–Crippen LogP) is 4.85. The highest BCUT2D eigenvalue weighted by Crippen LogP contribution is 2.22. The molecule has 0 saturated carbocycles. The topological polar surface area (TPSA) is 31.4 Å². The van der Waals surface area contributed by atoms with E-state index in [9.17, 15) is 4.39 Å². The zero-order chi connectivity index (χ0) is 18.4. The van der Waals surface area contributed by atoms with Gasteiger partial charge in [0.15, 0.2) is 0 Å². The normalized spacial score (nSPS) is 20.0. The summed E-state index contributed by atoms with van der Waals surface area (Å²) in [4.78, 5) is 4.33. The maximum Gasteiger partial charge on any atom is 0.222 e. The van der Waals surface area contributed by atoms with Crippen molar-refractivity contribution in [3.63, 3.8) is 0 Å². The minimum atomic E-state index is -0.512. The molecule has 1 aliphatic heterocycles. The van der Waals surface area contributed by atoms with E-state index in [2.05, 4.69) is 22.9 Å². The molecule has 3 nitrogen and oxygen atoms in total. The highest BCUT2D eigenvalue weighted by molar-refractivity contribution is 6.30. The van der Waals surface area contributed by atoms with Crippen LogP contribution in [0.25, 0.3) is 11.3 Å². The molecule has 0 N–H and O–H groups in total. The summed E-state index contributed by atoms with van der Waals surface area (Å²) in [5.41, 5.74) is 2.06. The lowest BCUT2D eigenvalue weighted by Crippen LogP contribution is -2.30. The number of halogens is 2. The monoisotopic (exact) mass is 371 g/mol. The second-order valence-electron chi connectivity index (χ2n) is 6.00. The Morgan fingerprint density at radius 3 is 2.73 bits per heavy atom. The van der Waals surface area contributed by atoms with Gasteiger partial charge >= 0.3 is 0 Å². The quantitative estimate of drug-likeness (QED) is 0.571. The number of ether oxygens (including phenoxy) is 2. The van der Waals surface area contributed by atoms with Crippen molar-refractivity contribution in [2.75, 3.05) is 13.2 Å². The molecule has 0 atom stereocenters. The van der Waals surface area contributed by atoms with E-state index < -0.39 is 12.1 Å². The number of benzene rings is 1. The van der Waals surface area contributed by atoms with E-state index in [0.717, 1.165) is 12.0 Å². The van der Waals surface area contributed by atoms with Gasteiger partial charge in [-0.25, -0.2) is 4.39 Å². The molecule has 1 aromatic heterocycles. The Balaban J connectivity index is 1.60. The molecule has 5 heteroatoms. The Morgan fingerprint density at radius 2 is 2.08 bits per heavy atom. The lowest BCUT2D eigenvalue weighted by atomic mass is 10.1. The maximum absolute atomic E-state index is 13.6. The van der Waals surface area contributed by atoms with Crippen LogP contribution in [0.4, 0.5) is 4.39 Å². The highest BCUT2D eigenvalue weighted by atomic mass is 35.5. The number of nitrogens with zero attached hydrogens (tertiary/aromatic N) is 1. The molecule has 26 heavy (non-hydrogen) atoms. The van der Waals surface area contributed by atoms with Gasteiger partial charge in [0.1, 0.15) is 5.82 Å².